The summed E-state index contributed by atoms with van der Waals surface area (Å²) in [7, 11) is 1.95. The number of nitrogens with one attached hydrogen (secondary N) is 1. The molecule has 1 atom stereocenters. The summed E-state index contributed by atoms with van der Waals surface area (Å²) in [6.45, 7) is 5.11. The van der Waals surface area contributed by atoms with Crippen LogP contribution in [0.1, 0.15) is 36.8 Å². The summed E-state index contributed by atoms with van der Waals surface area (Å²) in [6, 6.07) is 8.02. The second kappa shape index (κ2) is 7.30. The minimum Gasteiger partial charge on any atom is -0.313 e. The maximum atomic E-state index is 6.11. The van der Waals surface area contributed by atoms with Gasteiger partial charge in [0, 0.05) is 34.7 Å². The first-order chi connectivity index (χ1) is 10.1. The van der Waals surface area contributed by atoms with Crippen LogP contribution in [0.25, 0.3) is 0 Å². The molecule has 21 heavy (non-hydrogen) atoms. The quantitative estimate of drug-likeness (QED) is 0.859. The van der Waals surface area contributed by atoms with Crippen molar-refractivity contribution < 1.29 is 0 Å². The summed E-state index contributed by atoms with van der Waals surface area (Å²) in [6.07, 6.45) is 1.81. The summed E-state index contributed by atoms with van der Waals surface area (Å²) >= 11 is 12.2. The first-order valence-electron chi connectivity index (χ1n) is 7.26. The van der Waals surface area contributed by atoms with Crippen LogP contribution in [-0.4, -0.2) is 16.8 Å². The molecule has 0 aliphatic heterocycles. The van der Waals surface area contributed by atoms with Gasteiger partial charge in [-0.05, 0) is 50.2 Å². The smallest absolute Gasteiger partial charge is 0.0624 e. The first kappa shape index (κ1) is 16.3. The van der Waals surface area contributed by atoms with Crippen LogP contribution >= 0.6 is 23.2 Å². The highest BCUT2D eigenvalue weighted by Crippen LogP contribution is 2.26. The van der Waals surface area contributed by atoms with Crippen molar-refractivity contribution in [3.8, 4) is 0 Å². The van der Waals surface area contributed by atoms with Crippen LogP contribution in [0.15, 0.2) is 24.3 Å². The Morgan fingerprint density at radius 3 is 2.33 bits per heavy atom. The van der Waals surface area contributed by atoms with Gasteiger partial charge in [0.1, 0.15) is 0 Å². The second-order valence-electron chi connectivity index (χ2n) is 5.04. The van der Waals surface area contributed by atoms with Crippen molar-refractivity contribution >= 4 is 23.2 Å². The molecule has 0 saturated carbocycles. The lowest BCUT2D eigenvalue weighted by atomic mass is 10.0. The predicted octanol–water partition coefficient (Wildman–Crippen LogP) is 4.28. The van der Waals surface area contributed by atoms with E-state index in [0.717, 1.165) is 30.6 Å². The Morgan fingerprint density at radius 1 is 1.14 bits per heavy atom. The molecule has 1 unspecified atom stereocenters. The minimum atomic E-state index is 0.160. The molecule has 0 spiro atoms. The number of halogens is 2. The number of aromatic nitrogens is 2. The minimum absolute atomic E-state index is 0.160. The number of aryl methyl sites for hydroxylation is 2. The van der Waals surface area contributed by atoms with E-state index in [1.165, 1.54) is 5.69 Å². The molecular weight excluding hydrogens is 305 g/mol. The number of benzene rings is 1. The van der Waals surface area contributed by atoms with E-state index < -0.39 is 0 Å². The normalized spacial score (nSPS) is 12.6. The van der Waals surface area contributed by atoms with Crippen LogP contribution in [0.2, 0.25) is 10.0 Å². The van der Waals surface area contributed by atoms with E-state index >= 15 is 0 Å². The van der Waals surface area contributed by atoms with Gasteiger partial charge in [-0.2, -0.15) is 5.10 Å². The number of rotatable bonds is 6. The lowest BCUT2D eigenvalue weighted by Crippen LogP contribution is -2.20. The van der Waals surface area contributed by atoms with Crippen LogP contribution in [0.5, 0.6) is 0 Å². The topological polar surface area (TPSA) is 29.9 Å². The number of hydrogen-bond donors (Lipinski definition) is 1. The molecule has 0 radical (unpaired) electrons. The van der Waals surface area contributed by atoms with E-state index in [2.05, 4.69) is 35.0 Å². The average Bonchev–Trinajstić information content (AvgIpc) is 2.85. The highest BCUT2D eigenvalue weighted by atomic mass is 35.5. The summed E-state index contributed by atoms with van der Waals surface area (Å²) in [4.78, 5) is 0. The molecule has 0 fully saturated rings. The van der Waals surface area contributed by atoms with Crippen molar-refractivity contribution in [3.63, 3.8) is 0 Å². The molecule has 0 amide bonds. The van der Waals surface area contributed by atoms with Gasteiger partial charge >= 0.3 is 0 Å². The van der Waals surface area contributed by atoms with Gasteiger partial charge in [0.25, 0.3) is 0 Å². The van der Waals surface area contributed by atoms with Crippen LogP contribution in [0.4, 0.5) is 0 Å². The molecule has 0 aliphatic carbocycles. The van der Waals surface area contributed by atoms with Gasteiger partial charge in [-0.3, -0.25) is 4.68 Å². The van der Waals surface area contributed by atoms with Crippen molar-refractivity contribution in [3.05, 3.63) is 51.3 Å². The molecule has 2 aromatic rings. The predicted molar refractivity (Wildman–Crippen MR) is 89.2 cm³/mol. The van der Waals surface area contributed by atoms with Crippen molar-refractivity contribution in [2.24, 2.45) is 0 Å². The third-order valence-corrected chi connectivity index (χ3v) is 4.06. The number of nitrogens with zero attached hydrogens (tertiary/aromatic N) is 2. The molecule has 0 aliphatic rings. The Bertz CT molecular complexity index is 587. The Balaban J connectivity index is 2.28. The van der Waals surface area contributed by atoms with Gasteiger partial charge in [0.2, 0.25) is 0 Å². The molecule has 1 heterocycles. The summed E-state index contributed by atoms with van der Waals surface area (Å²) in [5, 5.41) is 9.27. The highest BCUT2D eigenvalue weighted by molar-refractivity contribution is 6.34. The van der Waals surface area contributed by atoms with Gasteiger partial charge in [-0.25, -0.2) is 0 Å². The molecule has 0 saturated heterocycles. The fourth-order valence-corrected chi connectivity index (χ4v) is 3.04. The number of likely N-dealkylation sites (N-methyl/N-ethyl adjacent to an activating group) is 1. The van der Waals surface area contributed by atoms with E-state index in [4.69, 9.17) is 23.2 Å². The zero-order valence-electron chi connectivity index (χ0n) is 12.7. The Hall–Kier alpha value is -1.03. The monoisotopic (exact) mass is 325 g/mol. The van der Waals surface area contributed by atoms with Gasteiger partial charge in [-0.15, -0.1) is 0 Å². The molecule has 1 N–H and O–H groups in total. The van der Waals surface area contributed by atoms with Crippen LogP contribution in [-0.2, 0) is 19.4 Å². The third kappa shape index (κ3) is 4.00. The summed E-state index contributed by atoms with van der Waals surface area (Å²) < 4.78 is 2.06. The zero-order chi connectivity index (χ0) is 15.4. The van der Waals surface area contributed by atoms with E-state index in [1.807, 2.05) is 19.2 Å². The molecular formula is C16H21Cl2N3. The lowest BCUT2D eigenvalue weighted by molar-refractivity contribution is 0.540. The van der Waals surface area contributed by atoms with E-state index in [0.29, 0.717) is 10.0 Å². The fraction of sp³-hybridized carbons (Fsp3) is 0.438. The molecule has 2 rings (SSSR count). The van der Waals surface area contributed by atoms with Gasteiger partial charge in [0.15, 0.2) is 0 Å². The number of hydrogen-bond acceptors (Lipinski definition) is 2. The van der Waals surface area contributed by atoms with Crippen molar-refractivity contribution in [1.29, 1.82) is 0 Å². The Morgan fingerprint density at radius 2 is 1.81 bits per heavy atom. The molecule has 5 heteroatoms. The second-order valence-corrected chi connectivity index (χ2v) is 5.92. The van der Waals surface area contributed by atoms with Crippen molar-refractivity contribution in [1.82, 2.24) is 15.1 Å². The SMILES string of the molecule is CCc1cc(CC(NC)c2cc(Cl)cc(Cl)c2)n(CC)n1. The van der Waals surface area contributed by atoms with Crippen molar-refractivity contribution in [2.75, 3.05) is 7.05 Å². The lowest BCUT2D eigenvalue weighted by Gasteiger charge is -2.18. The van der Waals surface area contributed by atoms with Gasteiger partial charge < -0.3 is 5.32 Å². The molecule has 1 aromatic heterocycles. The van der Waals surface area contributed by atoms with Crippen LogP contribution in [0, 0.1) is 0 Å². The van der Waals surface area contributed by atoms with E-state index in [-0.39, 0.29) is 6.04 Å². The Labute approximate surface area is 136 Å². The van der Waals surface area contributed by atoms with Crippen LogP contribution in [0.3, 0.4) is 0 Å². The highest BCUT2D eigenvalue weighted by Gasteiger charge is 2.15. The first-order valence-corrected chi connectivity index (χ1v) is 8.01. The van der Waals surface area contributed by atoms with E-state index in [9.17, 15) is 0 Å². The average molecular weight is 326 g/mol. The standard InChI is InChI=1S/C16H21Cl2N3/c1-4-14-9-15(21(5-2)20-14)10-16(19-3)11-6-12(17)8-13(18)7-11/h6-9,16,19H,4-5,10H2,1-3H3. The molecule has 114 valence electrons. The molecule has 1 aromatic carbocycles. The maximum absolute atomic E-state index is 6.11. The molecule has 0 bridgehead atoms. The van der Waals surface area contributed by atoms with E-state index in [1.54, 1.807) is 6.07 Å². The van der Waals surface area contributed by atoms with Crippen molar-refractivity contribution in [2.45, 2.75) is 39.3 Å². The summed E-state index contributed by atoms with van der Waals surface area (Å²) in [5.41, 5.74) is 3.45. The zero-order valence-corrected chi connectivity index (χ0v) is 14.2. The maximum Gasteiger partial charge on any atom is 0.0624 e. The Kier molecular flexibility index (Phi) is 5.68. The largest absolute Gasteiger partial charge is 0.313 e. The fourth-order valence-electron chi connectivity index (χ4n) is 2.50. The third-order valence-electron chi connectivity index (χ3n) is 3.62. The van der Waals surface area contributed by atoms with Gasteiger partial charge in [-0.1, -0.05) is 30.1 Å². The van der Waals surface area contributed by atoms with Gasteiger partial charge in [0.05, 0.1) is 5.69 Å². The molecule has 3 nitrogen and oxygen atoms in total. The van der Waals surface area contributed by atoms with Crippen LogP contribution < -0.4 is 5.32 Å². The summed E-state index contributed by atoms with van der Waals surface area (Å²) in [5.74, 6) is 0.